The molecule has 0 aliphatic heterocycles. The van der Waals surface area contributed by atoms with Gasteiger partial charge in [0.2, 0.25) is 0 Å². The highest BCUT2D eigenvalue weighted by molar-refractivity contribution is 6.42. The van der Waals surface area contributed by atoms with Crippen molar-refractivity contribution >= 4 is 35.1 Å². The third-order valence-corrected chi connectivity index (χ3v) is 3.91. The summed E-state index contributed by atoms with van der Waals surface area (Å²) in [5.41, 5.74) is 1.28. The van der Waals surface area contributed by atoms with Crippen molar-refractivity contribution in [2.75, 3.05) is 13.7 Å². The number of methoxy groups -OCH3 is 1. The predicted molar refractivity (Wildman–Crippen MR) is 98.5 cm³/mol. The molecule has 0 aliphatic carbocycles. The van der Waals surface area contributed by atoms with E-state index >= 15 is 0 Å². The van der Waals surface area contributed by atoms with Crippen molar-refractivity contribution in [3.63, 3.8) is 0 Å². The number of carbonyl (C=O) groups is 1. The van der Waals surface area contributed by atoms with Crippen molar-refractivity contribution in [1.29, 1.82) is 0 Å². The van der Waals surface area contributed by atoms with Crippen LogP contribution >= 0.6 is 23.2 Å². The Morgan fingerprint density at radius 1 is 1.12 bits per heavy atom. The molecule has 0 saturated heterocycles. The first-order valence-corrected chi connectivity index (χ1v) is 7.90. The third kappa shape index (κ3) is 4.63. The Balaban J connectivity index is 2.17. The van der Waals surface area contributed by atoms with Crippen LogP contribution in [0, 0.1) is 0 Å². The first-order valence-electron chi connectivity index (χ1n) is 7.14. The summed E-state index contributed by atoms with van der Waals surface area (Å²) in [4.78, 5) is 12.2. The van der Waals surface area contributed by atoms with E-state index in [1.807, 2.05) is 6.07 Å². The highest BCUT2D eigenvalue weighted by atomic mass is 35.5. The zero-order valence-electron chi connectivity index (χ0n) is 13.1. The van der Waals surface area contributed by atoms with Gasteiger partial charge in [0.1, 0.15) is 6.61 Å². The normalized spacial score (nSPS) is 10.6. The van der Waals surface area contributed by atoms with E-state index in [1.165, 1.54) is 6.08 Å². The first kappa shape index (κ1) is 18.1. The molecule has 2 aromatic carbocycles. The van der Waals surface area contributed by atoms with Crippen molar-refractivity contribution in [2.24, 2.45) is 0 Å². The average Bonchev–Trinajstić information content (AvgIpc) is 2.60. The summed E-state index contributed by atoms with van der Waals surface area (Å²) in [6, 6.07) is 10.2. The summed E-state index contributed by atoms with van der Waals surface area (Å²) in [5, 5.41) is 0.762. The molecule has 0 aliphatic rings. The van der Waals surface area contributed by atoms with Gasteiger partial charge < -0.3 is 9.47 Å². The maximum Gasteiger partial charge on any atom is 0.185 e. The van der Waals surface area contributed by atoms with E-state index in [0.29, 0.717) is 33.7 Å². The van der Waals surface area contributed by atoms with Gasteiger partial charge in [-0.15, -0.1) is 0 Å². The van der Waals surface area contributed by atoms with Crippen molar-refractivity contribution in [2.45, 2.75) is 0 Å². The molecular weight excluding hydrogens is 347 g/mol. The number of hydrogen-bond donors (Lipinski definition) is 0. The van der Waals surface area contributed by atoms with Crippen LogP contribution in [-0.4, -0.2) is 19.5 Å². The quantitative estimate of drug-likeness (QED) is 0.372. The molecule has 124 valence electrons. The van der Waals surface area contributed by atoms with Crippen LogP contribution in [0.4, 0.5) is 0 Å². The number of benzene rings is 2. The average molecular weight is 363 g/mol. The second-order valence-corrected chi connectivity index (χ2v) is 5.65. The minimum atomic E-state index is -0.167. The van der Waals surface area contributed by atoms with Crippen molar-refractivity contribution < 1.29 is 14.3 Å². The van der Waals surface area contributed by atoms with Crippen LogP contribution in [0.2, 0.25) is 10.0 Å². The summed E-state index contributed by atoms with van der Waals surface area (Å²) < 4.78 is 10.8. The Morgan fingerprint density at radius 3 is 2.58 bits per heavy atom. The zero-order valence-corrected chi connectivity index (χ0v) is 14.6. The number of halogens is 2. The highest BCUT2D eigenvalue weighted by Crippen LogP contribution is 2.29. The Hall–Kier alpha value is -2.23. The smallest absolute Gasteiger partial charge is 0.185 e. The Bertz CT molecular complexity index is 782. The topological polar surface area (TPSA) is 35.5 Å². The van der Waals surface area contributed by atoms with Gasteiger partial charge in [-0.05, 0) is 42.0 Å². The van der Waals surface area contributed by atoms with Crippen LogP contribution in [0.25, 0.3) is 6.08 Å². The highest BCUT2D eigenvalue weighted by Gasteiger charge is 2.07. The standard InChI is InChI=1S/C19H16Cl2O3/c1-3-10-24-18-9-5-13(11-19(18)23-2)4-8-17(22)14-6-7-15(20)16(21)12-14/h3-9,11-12H,1,10H2,2H3/b8-4+. The lowest BCUT2D eigenvalue weighted by Crippen LogP contribution is -1.96. The molecular formula is C19H16Cl2O3. The minimum absolute atomic E-state index is 0.167. The van der Waals surface area contributed by atoms with Gasteiger partial charge in [0.05, 0.1) is 17.2 Å². The zero-order chi connectivity index (χ0) is 17.5. The molecule has 0 radical (unpaired) electrons. The van der Waals surface area contributed by atoms with Gasteiger partial charge in [0.15, 0.2) is 17.3 Å². The molecule has 0 fully saturated rings. The molecule has 5 heteroatoms. The van der Waals surface area contributed by atoms with Gasteiger partial charge in [-0.3, -0.25) is 4.79 Å². The molecule has 0 amide bonds. The lowest BCUT2D eigenvalue weighted by atomic mass is 10.1. The lowest BCUT2D eigenvalue weighted by Gasteiger charge is -2.09. The molecule has 0 saturated carbocycles. The fourth-order valence-electron chi connectivity index (χ4n) is 1.97. The molecule has 24 heavy (non-hydrogen) atoms. The maximum atomic E-state index is 12.2. The number of hydrogen-bond acceptors (Lipinski definition) is 3. The second kappa shape index (κ2) is 8.57. The first-order chi connectivity index (χ1) is 11.5. The van der Waals surface area contributed by atoms with Crippen molar-refractivity contribution in [1.82, 2.24) is 0 Å². The molecule has 0 aromatic heterocycles. The minimum Gasteiger partial charge on any atom is -0.493 e. The summed E-state index contributed by atoms with van der Waals surface area (Å²) >= 11 is 11.8. The van der Waals surface area contributed by atoms with Crippen LogP contribution in [0.15, 0.2) is 55.1 Å². The van der Waals surface area contributed by atoms with E-state index in [9.17, 15) is 4.79 Å². The third-order valence-electron chi connectivity index (χ3n) is 3.18. The predicted octanol–water partition coefficient (Wildman–Crippen LogP) is 5.46. The van der Waals surface area contributed by atoms with Crippen LogP contribution < -0.4 is 9.47 Å². The van der Waals surface area contributed by atoms with E-state index in [1.54, 1.807) is 49.6 Å². The molecule has 0 bridgehead atoms. The van der Waals surface area contributed by atoms with Crippen LogP contribution in [0.3, 0.4) is 0 Å². The van der Waals surface area contributed by atoms with Crippen LogP contribution in [0.1, 0.15) is 15.9 Å². The molecule has 0 unspecified atom stereocenters. The van der Waals surface area contributed by atoms with Gasteiger partial charge in [-0.2, -0.15) is 0 Å². The van der Waals surface area contributed by atoms with Crippen molar-refractivity contribution in [3.05, 3.63) is 76.3 Å². The van der Waals surface area contributed by atoms with E-state index < -0.39 is 0 Å². The van der Waals surface area contributed by atoms with E-state index in [4.69, 9.17) is 32.7 Å². The number of rotatable bonds is 7. The number of allylic oxidation sites excluding steroid dienone is 1. The Morgan fingerprint density at radius 2 is 1.92 bits per heavy atom. The van der Waals surface area contributed by atoms with Crippen LogP contribution in [0.5, 0.6) is 11.5 Å². The number of ether oxygens (including phenoxy) is 2. The summed E-state index contributed by atoms with van der Waals surface area (Å²) in [7, 11) is 1.56. The summed E-state index contributed by atoms with van der Waals surface area (Å²) in [6.45, 7) is 4.00. The van der Waals surface area contributed by atoms with Gasteiger partial charge in [-0.25, -0.2) is 0 Å². The molecule has 0 heterocycles. The monoisotopic (exact) mass is 362 g/mol. The molecule has 0 spiro atoms. The largest absolute Gasteiger partial charge is 0.493 e. The Labute approximate surface area is 151 Å². The lowest BCUT2D eigenvalue weighted by molar-refractivity contribution is 0.104. The second-order valence-electron chi connectivity index (χ2n) is 4.84. The van der Waals surface area contributed by atoms with Crippen LogP contribution in [-0.2, 0) is 0 Å². The Kier molecular flexibility index (Phi) is 6.47. The van der Waals surface area contributed by atoms with E-state index in [2.05, 4.69) is 6.58 Å². The van der Waals surface area contributed by atoms with Crippen molar-refractivity contribution in [3.8, 4) is 11.5 Å². The number of ketones is 1. The summed E-state index contributed by atoms with van der Waals surface area (Å²) in [6.07, 6.45) is 4.83. The fraction of sp³-hybridized carbons (Fsp3) is 0.105. The van der Waals surface area contributed by atoms with Gasteiger partial charge >= 0.3 is 0 Å². The molecule has 0 atom stereocenters. The SMILES string of the molecule is C=CCOc1ccc(/C=C/C(=O)c2ccc(Cl)c(Cl)c2)cc1OC. The van der Waals surface area contributed by atoms with Gasteiger partial charge in [-0.1, -0.05) is 48.0 Å². The molecule has 2 rings (SSSR count). The number of carbonyl (C=O) groups excluding carboxylic acids is 1. The van der Waals surface area contributed by atoms with Gasteiger partial charge in [0, 0.05) is 5.56 Å². The maximum absolute atomic E-state index is 12.2. The van der Waals surface area contributed by atoms with E-state index in [-0.39, 0.29) is 5.78 Å². The molecule has 0 N–H and O–H groups in total. The van der Waals surface area contributed by atoms with E-state index in [0.717, 1.165) is 5.56 Å². The van der Waals surface area contributed by atoms with Gasteiger partial charge in [0.25, 0.3) is 0 Å². The summed E-state index contributed by atoms with van der Waals surface area (Å²) in [5.74, 6) is 1.03. The molecule has 3 nitrogen and oxygen atoms in total. The molecule has 2 aromatic rings. The fourth-order valence-corrected chi connectivity index (χ4v) is 2.27.